The molecule has 4 rings (SSSR count). The number of ether oxygens (including phenoxy) is 1. The summed E-state index contributed by atoms with van der Waals surface area (Å²) in [6.45, 7) is 5.14. The van der Waals surface area contributed by atoms with Crippen LogP contribution in [0.5, 0.6) is 0 Å². The van der Waals surface area contributed by atoms with Crippen molar-refractivity contribution in [3.8, 4) is 0 Å². The molecule has 2 aliphatic heterocycles. The summed E-state index contributed by atoms with van der Waals surface area (Å²) < 4.78 is 5.41. The Bertz CT molecular complexity index is 569. The van der Waals surface area contributed by atoms with E-state index in [1.165, 1.54) is 63.7 Å². The van der Waals surface area contributed by atoms with Crippen molar-refractivity contribution in [2.24, 2.45) is 11.8 Å². The summed E-state index contributed by atoms with van der Waals surface area (Å²) in [4.78, 5) is 5.25. The van der Waals surface area contributed by atoms with Crippen molar-refractivity contribution < 1.29 is 9.84 Å². The van der Waals surface area contributed by atoms with Gasteiger partial charge in [0.15, 0.2) is 0 Å². The molecular weight excluding hydrogens is 324 g/mol. The highest BCUT2D eigenvalue weighted by molar-refractivity contribution is 5.35. The fraction of sp³-hybridized carbons (Fsp3) is 0.818. The van der Waals surface area contributed by atoms with Crippen LogP contribution in [0.25, 0.3) is 0 Å². The summed E-state index contributed by atoms with van der Waals surface area (Å²) in [6, 6.07) is 0.534. The van der Waals surface area contributed by atoms with E-state index in [0.29, 0.717) is 18.2 Å². The van der Waals surface area contributed by atoms with Gasteiger partial charge in [0, 0.05) is 32.0 Å². The smallest absolute Gasteiger partial charge is 0.137 e. The Labute approximate surface area is 158 Å². The van der Waals surface area contributed by atoms with Crippen LogP contribution in [0, 0.1) is 11.8 Å². The number of aliphatic hydroxyl groups excluding tert-OH is 1. The van der Waals surface area contributed by atoms with Crippen molar-refractivity contribution in [2.75, 3.05) is 40.3 Å². The van der Waals surface area contributed by atoms with Crippen molar-refractivity contribution in [3.63, 3.8) is 0 Å². The fourth-order valence-electron chi connectivity index (χ4n) is 5.94. The van der Waals surface area contributed by atoms with Crippen LogP contribution in [0.3, 0.4) is 0 Å². The number of likely N-dealkylation sites (N-methyl/N-ethyl adjacent to an activating group) is 1. The van der Waals surface area contributed by atoms with Crippen LogP contribution in [0.2, 0.25) is 0 Å². The zero-order valence-corrected chi connectivity index (χ0v) is 16.7. The van der Waals surface area contributed by atoms with Gasteiger partial charge < -0.3 is 14.7 Å². The maximum atomic E-state index is 10.4. The SMILES string of the molecule is COC1=C(O)CC2=C(CCN(C)C2C2CCC(CN3CCCC3)CC2)C1. The molecule has 0 aromatic carbocycles. The molecule has 4 nitrogen and oxygen atoms in total. The number of allylic oxidation sites excluding steroid dienone is 2. The molecule has 0 bridgehead atoms. The van der Waals surface area contributed by atoms with Gasteiger partial charge in [-0.15, -0.1) is 0 Å². The van der Waals surface area contributed by atoms with Gasteiger partial charge in [-0.1, -0.05) is 5.57 Å². The highest BCUT2D eigenvalue weighted by Crippen LogP contribution is 2.43. The number of hydrogen-bond donors (Lipinski definition) is 1. The molecule has 4 heteroatoms. The quantitative estimate of drug-likeness (QED) is 0.766. The molecule has 26 heavy (non-hydrogen) atoms. The van der Waals surface area contributed by atoms with Crippen LogP contribution in [0.4, 0.5) is 0 Å². The van der Waals surface area contributed by atoms with E-state index in [4.69, 9.17) is 4.74 Å². The van der Waals surface area contributed by atoms with E-state index in [1.54, 1.807) is 12.7 Å². The molecule has 1 atom stereocenters. The second-order valence-electron chi connectivity index (χ2n) is 9.02. The van der Waals surface area contributed by atoms with Gasteiger partial charge in [-0.2, -0.15) is 0 Å². The summed E-state index contributed by atoms with van der Waals surface area (Å²) in [5.41, 5.74) is 3.06. The summed E-state index contributed by atoms with van der Waals surface area (Å²) >= 11 is 0. The Hall–Kier alpha value is -1.00. The Morgan fingerprint density at radius 1 is 1.04 bits per heavy atom. The van der Waals surface area contributed by atoms with Gasteiger partial charge in [0.2, 0.25) is 0 Å². The highest BCUT2D eigenvalue weighted by atomic mass is 16.5. The lowest BCUT2D eigenvalue weighted by Gasteiger charge is -2.45. The van der Waals surface area contributed by atoms with Crippen LogP contribution in [-0.4, -0.2) is 61.3 Å². The number of aliphatic hydroxyl groups is 1. The van der Waals surface area contributed by atoms with E-state index in [1.807, 2.05) is 0 Å². The predicted molar refractivity (Wildman–Crippen MR) is 105 cm³/mol. The number of rotatable bonds is 4. The van der Waals surface area contributed by atoms with Gasteiger partial charge in [0.25, 0.3) is 0 Å². The van der Waals surface area contributed by atoms with Crippen molar-refractivity contribution in [3.05, 3.63) is 22.7 Å². The minimum Gasteiger partial charge on any atom is -0.508 e. The first kappa shape index (κ1) is 18.4. The third-order valence-electron chi connectivity index (χ3n) is 7.41. The Kier molecular flexibility index (Phi) is 5.61. The molecular formula is C22H36N2O2. The second kappa shape index (κ2) is 7.93. The van der Waals surface area contributed by atoms with Crippen LogP contribution in [0.1, 0.15) is 57.8 Å². The van der Waals surface area contributed by atoms with Crippen LogP contribution in [-0.2, 0) is 4.74 Å². The topological polar surface area (TPSA) is 35.9 Å². The van der Waals surface area contributed by atoms with Crippen LogP contribution >= 0.6 is 0 Å². The van der Waals surface area contributed by atoms with Gasteiger partial charge in [0.1, 0.15) is 11.5 Å². The minimum atomic E-state index is 0.467. The normalized spacial score (nSPS) is 34.3. The summed E-state index contributed by atoms with van der Waals surface area (Å²) in [5, 5.41) is 10.4. The number of nitrogens with zero attached hydrogens (tertiary/aromatic N) is 2. The monoisotopic (exact) mass is 360 g/mol. The van der Waals surface area contributed by atoms with E-state index in [2.05, 4.69) is 16.8 Å². The maximum Gasteiger partial charge on any atom is 0.137 e. The van der Waals surface area contributed by atoms with Gasteiger partial charge in [-0.05, 0) is 82.5 Å². The first-order chi connectivity index (χ1) is 12.7. The van der Waals surface area contributed by atoms with Crippen LogP contribution < -0.4 is 0 Å². The molecule has 0 amide bonds. The molecule has 146 valence electrons. The van der Waals surface area contributed by atoms with Crippen LogP contribution in [0.15, 0.2) is 22.7 Å². The summed E-state index contributed by atoms with van der Waals surface area (Å²) in [6.07, 6.45) is 11.0. The van der Waals surface area contributed by atoms with E-state index >= 15 is 0 Å². The molecule has 2 aliphatic carbocycles. The molecule has 0 aromatic rings. The van der Waals surface area contributed by atoms with E-state index in [-0.39, 0.29) is 0 Å². The Morgan fingerprint density at radius 3 is 2.46 bits per heavy atom. The first-order valence-electron chi connectivity index (χ1n) is 10.7. The molecule has 1 saturated heterocycles. The number of methoxy groups -OCH3 is 1. The average molecular weight is 361 g/mol. The predicted octanol–water partition coefficient (Wildman–Crippen LogP) is 4.10. The van der Waals surface area contributed by atoms with Gasteiger partial charge in [-0.3, -0.25) is 4.90 Å². The van der Waals surface area contributed by atoms with Crippen molar-refractivity contribution in [1.29, 1.82) is 0 Å². The maximum absolute atomic E-state index is 10.4. The van der Waals surface area contributed by atoms with E-state index in [0.717, 1.165) is 37.0 Å². The fourth-order valence-corrected chi connectivity index (χ4v) is 5.94. The number of likely N-dealkylation sites (tertiary alicyclic amines) is 1. The van der Waals surface area contributed by atoms with Crippen molar-refractivity contribution >= 4 is 0 Å². The largest absolute Gasteiger partial charge is 0.508 e. The van der Waals surface area contributed by atoms with Gasteiger partial charge >= 0.3 is 0 Å². The third kappa shape index (κ3) is 3.68. The summed E-state index contributed by atoms with van der Waals surface area (Å²) in [5.74, 6) is 2.93. The standard InChI is InChI=1S/C22H36N2O2/c1-23-12-9-18-13-21(26-2)20(25)14-19(18)22(23)17-7-5-16(6-8-17)15-24-10-3-4-11-24/h16-17,22,25H,3-15H2,1-2H3. The highest BCUT2D eigenvalue weighted by Gasteiger charge is 2.38. The molecule has 1 unspecified atom stereocenters. The molecule has 0 radical (unpaired) electrons. The lowest BCUT2D eigenvalue weighted by atomic mass is 9.72. The van der Waals surface area contributed by atoms with Gasteiger partial charge in [-0.25, -0.2) is 0 Å². The minimum absolute atomic E-state index is 0.467. The second-order valence-corrected chi connectivity index (χ2v) is 9.02. The molecule has 0 spiro atoms. The Morgan fingerprint density at radius 2 is 1.77 bits per heavy atom. The molecule has 1 N–H and O–H groups in total. The zero-order chi connectivity index (χ0) is 18.1. The molecule has 0 aromatic heterocycles. The Balaban J connectivity index is 1.40. The van der Waals surface area contributed by atoms with Gasteiger partial charge in [0.05, 0.1) is 7.11 Å². The molecule has 1 saturated carbocycles. The third-order valence-corrected chi connectivity index (χ3v) is 7.41. The number of hydrogen-bond acceptors (Lipinski definition) is 4. The first-order valence-corrected chi connectivity index (χ1v) is 10.7. The molecule has 2 fully saturated rings. The summed E-state index contributed by atoms with van der Waals surface area (Å²) in [7, 11) is 3.97. The zero-order valence-electron chi connectivity index (χ0n) is 16.7. The lowest BCUT2D eigenvalue weighted by molar-refractivity contribution is 0.122. The van der Waals surface area contributed by atoms with E-state index in [9.17, 15) is 5.11 Å². The van der Waals surface area contributed by atoms with E-state index < -0.39 is 0 Å². The molecule has 2 heterocycles. The molecule has 4 aliphatic rings. The average Bonchev–Trinajstić information content (AvgIpc) is 3.15. The lowest BCUT2D eigenvalue weighted by Crippen LogP contribution is -2.45. The van der Waals surface area contributed by atoms with Crippen molar-refractivity contribution in [2.45, 2.75) is 63.8 Å². The van der Waals surface area contributed by atoms with Crippen molar-refractivity contribution in [1.82, 2.24) is 9.80 Å².